The van der Waals surface area contributed by atoms with Gasteiger partial charge in [-0.1, -0.05) is 23.8 Å². The van der Waals surface area contributed by atoms with Crippen LogP contribution in [0.5, 0.6) is 0 Å². The normalized spacial score (nSPS) is 21.0. The maximum absolute atomic E-state index is 12.9. The highest BCUT2D eigenvalue weighted by atomic mass is 35.5. The van der Waals surface area contributed by atoms with E-state index in [0.717, 1.165) is 41.8 Å². The van der Waals surface area contributed by atoms with E-state index < -0.39 is 0 Å². The molecule has 2 aromatic carbocycles. The van der Waals surface area contributed by atoms with Crippen LogP contribution in [0.25, 0.3) is 0 Å². The molecule has 0 spiro atoms. The molecule has 28 heavy (non-hydrogen) atoms. The van der Waals surface area contributed by atoms with Crippen molar-refractivity contribution in [2.24, 2.45) is 5.92 Å². The Hall–Kier alpha value is -2.53. The van der Waals surface area contributed by atoms with Crippen LogP contribution in [0.4, 0.5) is 11.4 Å². The Labute approximate surface area is 171 Å². The summed E-state index contributed by atoms with van der Waals surface area (Å²) in [6, 6.07) is 13.8. The Bertz CT molecular complexity index is 882. The Morgan fingerprint density at radius 1 is 1.18 bits per heavy atom. The standard InChI is InChI=1S/C22H25N3O2.ClH/c1-14-5-8-18(9-6-14)25-13-16(12-21(25)26)22(27)24-20-4-2-3-15-11-17(23)7-10-19(15)20;/h5-11,16,20H,2-4,12-13,23H2,1H3,(H,24,27);1H. The van der Waals surface area contributed by atoms with Gasteiger partial charge in [-0.3, -0.25) is 9.59 Å². The number of hydrogen-bond donors (Lipinski definition) is 2. The van der Waals surface area contributed by atoms with Crippen LogP contribution in [0.1, 0.15) is 42.0 Å². The second-order valence-corrected chi connectivity index (χ2v) is 7.65. The van der Waals surface area contributed by atoms with Crippen LogP contribution in [0.2, 0.25) is 0 Å². The lowest BCUT2D eigenvalue weighted by Crippen LogP contribution is -2.36. The van der Waals surface area contributed by atoms with Gasteiger partial charge in [0, 0.05) is 24.3 Å². The number of hydrogen-bond acceptors (Lipinski definition) is 3. The molecule has 5 nitrogen and oxygen atoms in total. The maximum atomic E-state index is 12.9. The van der Waals surface area contributed by atoms with Gasteiger partial charge in [-0.15, -0.1) is 12.4 Å². The summed E-state index contributed by atoms with van der Waals surface area (Å²) >= 11 is 0. The molecule has 1 aliphatic carbocycles. The largest absolute Gasteiger partial charge is 0.399 e. The van der Waals surface area contributed by atoms with Gasteiger partial charge in [0.05, 0.1) is 12.0 Å². The van der Waals surface area contributed by atoms with Crippen LogP contribution < -0.4 is 16.0 Å². The lowest BCUT2D eigenvalue weighted by Gasteiger charge is -2.27. The van der Waals surface area contributed by atoms with E-state index in [1.165, 1.54) is 5.56 Å². The fourth-order valence-electron chi connectivity index (χ4n) is 4.13. The van der Waals surface area contributed by atoms with Crippen LogP contribution in [-0.4, -0.2) is 18.4 Å². The second kappa shape index (κ2) is 8.23. The summed E-state index contributed by atoms with van der Waals surface area (Å²) in [5, 5.41) is 3.18. The monoisotopic (exact) mass is 399 g/mol. The van der Waals surface area contributed by atoms with Crippen molar-refractivity contribution in [1.82, 2.24) is 5.32 Å². The van der Waals surface area contributed by atoms with Crippen molar-refractivity contribution >= 4 is 35.6 Å². The second-order valence-electron chi connectivity index (χ2n) is 7.65. The SMILES string of the molecule is Cc1ccc(N2CC(C(=O)NC3CCCc4cc(N)ccc43)CC2=O)cc1.Cl. The average Bonchev–Trinajstić information content (AvgIpc) is 3.04. The van der Waals surface area contributed by atoms with E-state index in [2.05, 4.69) is 5.32 Å². The summed E-state index contributed by atoms with van der Waals surface area (Å²) in [4.78, 5) is 27.0. The van der Waals surface area contributed by atoms with E-state index in [1.807, 2.05) is 49.4 Å². The molecule has 2 aromatic rings. The highest BCUT2D eigenvalue weighted by molar-refractivity contribution is 6.00. The molecule has 2 amide bonds. The molecule has 148 valence electrons. The fourth-order valence-corrected chi connectivity index (χ4v) is 4.13. The van der Waals surface area contributed by atoms with Gasteiger partial charge in [0.25, 0.3) is 0 Å². The summed E-state index contributed by atoms with van der Waals surface area (Å²) in [6.45, 7) is 2.45. The van der Waals surface area contributed by atoms with Gasteiger partial charge in [0.2, 0.25) is 11.8 Å². The molecule has 2 aliphatic rings. The van der Waals surface area contributed by atoms with Crippen molar-refractivity contribution < 1.29 is 9.59 Å². The third-order valence-electron chi connectivity index (χ3n) is 5.64. The van der Waals surface area contributed by atoms with Gasteiger partial charge >= 0.3 is 0 Å². The third kappa shape index (κ3) is 3.99. The summed E-state index contributed by atoms with van der Waals surface area (Å²) < 4.78 is 0. The zero-order chi connectivity index (χ0) is 19.0. The van der Waals surface area contributed by atoms with E-state index >= 15 is 0 Å². The number of fused-ring (bicyclic) bond motifs is 1. The number of aryl methyl sites for hydroxylation is 2. The summed E-state index contributed by atoms with van der Waals surface area (Å²) in [6.07, 6.45) is 3.21. The Kier molecular flexibility index (Phi) is 5.94. The fraction of sp³-hybridized carbons (Fsp3) is 0.364. The smallest absolute Gasteiger partial charge is 0.227 e. The Morgan fingerprint density at radius 3 is 2.68 bits per heavy atom. The summed E-state index contributed by atoms with van der Waals surface area (Å²) in [5.74, 6) is -0.332. The number of carbonyl (C=O) groups excluding carboxylic acids is 2. The molecule has 0 aromatic heterocycles. The predicted molar refractivity (Wildman–Crippen MR) is 114 cm³/mol. The molecule has 4 rings (SSSR count). The van der Waals surface area contributed by atoms with E-state index in [9.17, 15) is 9.59 Å². The Morgan fingerprint density at radius 2 is 1.93 bits per heavy atom. The van der Waals surface area contributed by atoms with Gasteiger partial charge in [-0.25, -0.2) is 0 Å². The van der Waals surface area contributed by atoms with Crippen LogP contribution in [0.3, 0.4) is 0 Å². The number of nitrogen functional groups attached to an aromatic ring is 1. The molecule has 1 aliphatic heterocycles. The first-order chi connectivity index (χ1) is 13.0. The molecule has 1 heterocycles. The van der Waals surface area contributed by atoms with E-state index in [1.54, 1.807) is 4.90 Å². The van der Waals surface area contributed by atoms with Gasteiger partial charge in [-0.2, -0.15) is 0 Å². The first-order valence-electron chi connectivity index (χ1n) is 9.57. The van der Waals surface area contributed by atoms with E-state index in [4.69, 9.17) is 5.73 Å². The van der Waals surface area contributed by atoms with Crippen molar-refractivity contribution in [1.29, 1.82) is 0 Å². The number of nitrogens with two attached hydrogens (primary N) is 1. The zero-order valence-electron chi connectivity index (χ0n) is 16.0. The molecular formula is C22H26ClN3O2. The Balaban J connectivity index is 0.00000225. The first kappa shape index (κ1) is 20.2. The van der Waals surface area contributed by atoms with Gasteiger partial charge in [0.15, 0.2) is 0 Å². The highest BCUT2D eigenvalue weighted by Gasteiger charge is 2.36. The number of anilines is 2. The van der Waals surface area contributed by atoms with Crippen LogP contribution in [0, 0.1) is 12.8 Å². The number of halogens is 1. The molecular weight excluding hydrogens is 374 g/mol. The van der Waals surface area contributed by atoms with Crippen molar-refractivity contribution in [3.05, 3.63) is 59.2 Å². The molecule has 2 atom stereocenters. The molecule has 2 unspecified atom stereocenters. The number of carbonyl (C=O) groups is 2. The summed E-state index contributed by atoms with van der Waals surface area (Å²) in [7, 11) is 0. The van der Waals surface area contributed by atoms with Gasteiger partial charge in [-0.05, 0) is 61.6 Å². The number of nitrogens with one attached hydrogen (secondary N) is 1. The summed E-state index contributed by atoms with van der Waals surface area (Å²) in [5.41, 5.74) is 11.0. The number of benzene rings is 2. The lowest BCUT2D eigenvalue weighted by molar-refractivity contribution is -0.127. The van der Waals surface area contributed by atoms with Crippen molar-refractivity contribution in [3.8, 4) is 0 Å². The van der Waals surface area contributed by atoms with E-state index in [0.29, 0.717) is 6.54 Å². The topological polar surface area (TPSA) is 75.4 Å². The molecule has 0 radical (unpaired) electrons. The third-order valence-corrected chi connectivity index (χ3v) is 5.64. The minimum atomic E-state index is -0.307. The van der Waals surface area contributed by atoms with Gasteiger partial charge < -0.3 is 16.0 Å². The minimum Gasteiger partial charge on any atom is -0.399 e. The molecule has 6 heteroatoms. The number of rotatable bonds is 3. The molecule has 0 bridgehead atoms. The quantitative estimate of drug-likeness (QED) is 0.775. The molecule has 1 fully saturated rings. The lowest BCUT2D eigenvalue weighted by atomic mass is 9.87. The predicted octanol–water partition coefficient (Wildman–Crippen LogP) is 3.55. The van der Waals surface area contributed by atoms with Crippen molar-refractivity contribution in [2.75, 3.05) is 17.2 Å². The van der Waals surface area contributed by atoms with Gasteiger partial charge in [0.1, 0.15) is 0 Å². The zero-order valence-corrected chi connectivity index (χ0v) is 16.8. The minimum absolute atomic E-state index is 0. The number of nitrogens with zero attached hydrogens (tertiary/aromatic N) is 1. The average molecular weight is 400 g/mol. The van der Waals surface area contributed by atoms with Crippen LogP contribution in [-0.2, 0) is 16.0 Å². The first-order valence-corrected chi connectivity index (χ1v) is 9.57. The van der Waals surface area contributed by atoms with Crippen molar-refractivity contribution in [2.45, 2.75) is 38.6 Å². The number of amides is 2. The highest BCUT2D eigenvalue weighted by Crippen LogP contribution is 2.32. The molecule has 3 N–H and O–H groups in total. The van der Waals surface area contributed by atoms with Crippen molar-refractivity contribution in [3.63, 3.8) is 0 Å². The maximum Gasteiger partial charge on any atom is 0.227 e. The van der Waals surface area contributed by atoms with E-state index in [-0.39, 0.29) is 42.6 Å². The molecule has 1 saturated heterocycles. The van der Waals surface area contributed by atoms with Crippen LogP contribution in [0.15, 0.2) is 42.5 Å². The van der Waals surface area contributed by atoms with Crippen LogP contribution >= 0.6 is 12.4 Å². The molecule has 0 saturated carbocycles.